The molecule has 0 spiro atoms. The maximum atomic E-state index is 12.2. The Hall–Kier alpha value is -4.73. The second-order valence-electron chi connectivity index (χ2n) is 17.6. The standard InChI is InChI=1S/C48H77N3O16S2.C4H9NO.2H2O/c1-2-37(46(57)58)34-69-36-45(56)49-22-10-9-17-42(48(61)62)51-44(55)33-66-30-28-64-26-23-50-43(54)32-65-29-27-63-24-12-15-39(52)16-13-31-68-35-40(53)14-8-6-4-3-5-7-11-25-67-41-20-18-38(19-21-41)47(59)60;1-3(5)4(2)6;;/h18-21,37,42H,2-17,22-36H2,1H3,(H,49,56)(H,50,54)(H,51,55)(H,57,58)(H,59,60)(H,61,62);3H,5H2,1-2H3;2*1H2/t37-,42+;3-;;/m00../s1. The molecule has 1 aromatic carbocycles. The van der Waals surface area contributed by atoms with Crippen LogP contribution in [0, 0.1) is 5.92 Å². The van der Waals surface area contributed by atoms with E-state index in [0.29, 0.717) is 82.0 Å². The predicted octanol–water partition coefficient (Wildman–Crippen LogP) is 3.47. The number of benzene rings is 1. The first-order chi connectivity index (χ1) is 36.0. The van der Waals surface area contributed by atoms with Gasteiger partial charge in [-0.05, 0) is 95.2 Å². The van der Waals surface area contributed by atoms with Crippen LogP contribution in [0.1, 0.15) is 134 Å². The lowest BCUT2D eigenvalue weighted by molar-refractivity contribution is -0.143. The highest BCUT2D eigenvalue weighted by molar-refractivity contribution is 8.00. The average Bonchev–Trinajstić information content (AvgIpc) is 3.36. The highest BCUT2D eigenvalue weighted by atomic mass is 32.2. The quantitative estimate of drug-likeness (QED) is 0.0459. The third-order valence-electron chi connectivity index (χ3n) is 10.9. The van der Waals surface area contributed by atoms with Crippen molar-refractivity contribution in [3.8, 4) is 5.75 Å². The number of aliphatic carboxylic acids is 2. The molecule has 3 amide bonds. The van der Waals surface area contributed by atoms with Crippen LogP contribution in [-0.2, 0) is 57.3 Å². The molecular formula is C52H90N4O19S2. The maximum absolute atomic E-state index is 12.2. The molecule has 0 aliphatic carbocycles. The predicted molar refractivity (Wildman–Crippen MR) is 295 cm³/mol. The van der Waals surface area contributed by atoms with Gasteiger partial charge in [-0.3, -0.25) is 33.6 Å². The van der Waals surface area contributed by atoms with E-state index in [0.717, 1.165) is 57.1 Å². The molecule has 77 heavy (non-hydrogen) atoms. The van der Waals surface area contributed by atoms with Gasteiger partial charge in [-0.25, -0.2) is 9.59 Å². The van der Waals surface area contributed by atoms with Crippen LogP contribution in [0.2, 0.25) is 0 Å². The number of ether oxygens (including phenoxy) is 5. The third kappa shape index (κ3) is 48.2. The van der Waals surface area contributed by atoms with E-state index in [2.05, 4.69) is 16.0 Å². The van der Waals surface area contributed by atoms with Gasteiger partial charge >= 0.3 is 17.9 Å². The number of nitrogens with two attached hydrogens (primary N) is 1. The van der Waals surface area contributed by atoms with Gasteiger partial charge < -0.3 is 71.6 Å². The average molecular weight is 1140 g/mol. The minimum Gasteiger partial charge on any atom is -0.494 e. The lowest BCUT2D eigenvalue weighted by Crippen LogP contribution is -2.42. The topological polar surface area (TPSA) is 386 Å². The molecule has 0 saturated heterocycles. The van der Waals surface area contributed by atoms with Gasteiger partial charge in [0.05, 0.1) is 68.7 Å². The normalized spacial score (nSPS) is 11.7. The summed E-state index contributed by atoms with van der Waals surface area (Å²) in [7, 11) is 0. The summed E-state index contributed by atoms with van der Waals surface area (Å²) in [6, 6.07) is 5.02. The van der Waals surface area contributed by atoms with Crippen molar-refractivity contribution in [1.29, 1.82) is 0 Å². The van der Waals surface area contributed by atoms with Crippen molar-refractivity contribution in [2.24, 2.45) is 11.7 Å². The van der Waals surface area contributed by atoms with Gasteiger partial charge in [-0.2, -0.15) is 23.5 Å². The molecule has 1 rings (SSSR count). The Kier molecular flexibility index (Phi) is 51.7. The number of amides is 3. The fraction of sp³-hybridized carbons (Fsp3) is 0.712. The zero-order valence-corrected chi connectivity index (χ0v) is 47.0. The molecule has 12 N–H and O–H groups in total. The number of hydrogen-bond acceptors (Lipinski definition) is 17. The Bertz CT molecular complexity index is 1780. The molecule has 0 aliphatic heterocycles. The number of unbranched alkanes of at least 4 members (excludes halogenated alkanes) is 7. The number of rotatable bonds is 49. The van der Waals surface area contributed by atoms with Gasteiger partial charge in [0.2, 0.25) is 17.7 Å². The number of hydrogen-bond donors (Lipinski definition) is 7. The third-order valence-corrected chi connectivity index (χ3v) is 13.1. The molecule has 0 aromatic heterocycles. The number of carbonyl (C=O) groups excluding carboxylic acids is 6. The molecule has 444 valence electrons. The van der Waals surface area contributed by atoms with Crippen LogP contribution in [0.3, 0.4) is 0 Å². The van der Waals surface area contributed by atoms with E-state index in [4.69, 9.17) is 39.6 Å². The zero-order valence-electron chi connectivity index (χ0n) is 45.4. The first-order valence-electron chi connectivity index (χ1n) is 26.0. The molecule has 1 aromatic rings. The number of Topliss-reactive ketones (excluding diaryl/α,β-unsaturated/α-hetero) is 3. The van der Waals surface area contributed by atoms with E-state index in [9.17, 15) is 48.3 Å². The summed E-state index contributed by atoms with van der Waals surface area (Å²) in [5.74, 6) is -1.77. The number of aromatic carboxylic acids is 1. The summed E-state index contributed by atoms with van der Waals surface area (Å²) in [5.41, 5.74) is 5.33. The second-order valence-corrected chi connectivity index (χ2v) is 19.7. The number of carboxylic acid groups (broad SMARTS) is 3. The van der Waals surface area contributed by atoms with Crippen molar-refractivity contribution in [2.75, 3.05) is 95.6 Å². The van der Waals surface area contributed by atoms with Crippen molar-refractivity contribution in [3.05, 3.63) is 29.8 Å². The lowest BCUT2D eigenvalue weighted by Gasteiger charge is -2.15. The molecular weight excluding hydrogens is 1050 g/mol. The maximum Gasteiger partial charge on any atom is 0.335 e. The summed E-state index contributed by atoms with van der Waals surface area (Å²) in [6.07, 6.45) is 11.7. The van der Waals surface area contributed by atoms with Crippen molar-refractivity contribution in [3.63, 3.8) is 0 Å². The Morgan fingerprint density at radius 1 is 0.584 bits per heavy atom. The van der Waals surface area contributed by atoms with Crippen molar-refractivity contribution in [1.82, 2.24) is 16.0 Å². The van der Waals surface area contributed by atoms with Crippen molar-refractivity contribution < 1.29 is 93.1 Å². The fourth-order valence-electron chi connectivity index (χ4n) is 6.30. The van der Waals surface area contributed by atoms with Crippen LogP contribution in [0.5, 0.6) is 5.75 Å². The van der Waals surface area contributed by atoms with Gasteiger partial charge in [-0.15, -0.1) is 0 Å². The molecule has 0 saturated carbocycles. The minimum atomic E-state index is -1.18. The Morgan fingerprint density at radius 3 is 1.74 bits per heavy atom. The fourth-order valence-corrected chi connectivity index (χ4v) is 8.24. The number of carbonyl (C=O) groups is 9. The largest absolute Gasteiger partial charge is 0.494 e. The number of carboxylic acids is 3. The minimum absolute atomic E-state index is 0. The smallest absolute Gasteiger partial charge is 0.335 e. The van der Waals surface area contributed by atoms with Crippen molar-refractivity contribution >= 4 is 76.5 Å². The highest BCUT2D eigenvalue weighted by Gasteiger charge is 2.20. The number of nitrogens with one attached hydrogen (secondary N) is 3. The Labute approximate surface area is 462 Å². The van der Waals surface area contributed by atoms with Crippen LogP contribution in [-0.4, -0.2) is 187 Å². The van der Waals surface area contributed by atoms with Crippen molar-refractivity contribution in [2.45, 2.75) is 136 Å². The summed E-state index contributed by atoms with van der Waals surface area (Å²) in [4.78, 5) is 104. The highest BCUT2D eigenvalue weighted by Crippen LogP contribution is 2.16. The van der Waals surface area contributed by atoms with Gasteiger partial charge in [-0.1, -0.05) is 39.0 Å². The van der Waals surface area contributed by atoms with E-state index < -0.39 is 35.8 Å². The van der Waals surface area contributed by atoms with E-state index in [1.165, 1.54) is 30.8 Å². The van der Waals surface area contributed by atoms with Gasteiger partial charge in [0.25, 0.3) is 0 Å². The Morgan fingerprint density at radius 2 is 1.14 bits per heavy atom. The van der Waals surface area contributed by atoms with Gasteiger partial charge in [0.1, 0.15) is 42.4 Å². The summed E-state index contributed by atoms with van der Waals surface area (Å²) in [6.45, 7) is 6.94. The molecule has 0 aliphatic rings. The van der Waals surface area contributed by atoms with Crippen LogP contribution in [0.25, 0.3) is 0 Å². The summed E-state index contributed by atoms with van der Waals surface area (Å²) < 4.78 is 27.1. The van der Waals surface area contributed by atoms with Gasteiger partial charge in [0.15, 0.2) is 0 Å². The van der Waals surface area contributed by atoms with Crippen LogP contribution >= 0.6 is 23.5 Å². The first-order valence-corrected chi connectivity index (χ1v) is 28.3. The monoisotopic (exact) mass is 1140 g/mol. The summed E-state index contributed by atoms with van der Waals surface area (Å²) >= 11 is 2.83. The molecule has 0 fully saturated rings. The lowest BCUT2D eigenvalue weighted by atomic mass is 10.1. The molecule has 3 atom stereocenters. The Balaban J connectivity index is -0.00000643. The molecule has 0 radical (unpaired) electrons. The van der Waals surface area contributed by atoms with E-state index in [-0.39, 0.29) is 117 Å². The summed E-state index contributed by atoms with van der Waals surface area (Å²) in [5, 5.41) is 35.3. The zero-order chi connectivity index (χ0) is 55.9. The van der Waals surface area contributed by atoms with E-state index >= 15 is 0 Å². The van der Waals surface area contributed by atoms with Gasteiger partial charge in [0, 0.05) is 44.7 Å². The van der Waals surface area contributed by atoms with E-state index in [1.54, 1.807) is 37.7 Å². The van der Waals surface area contributed by atoms with Crippen LogP contribution < -0.4 is 26.4 Å². The number of ketones is 3. The second kappa shape index (κ2) is 52.0. The van der Waals surface area contributed by atoms with Crippen LogP contribution in [0.15, 0.2) is 24.3 Å². The molecule has 0 heterocycles. The molecule has 25 heteroatoms. The molecule has 23 nitrogen and oxygen atoms in total. The SMILES string of the molecule is CC(=O)[C@H](C)N.CC[C@@H](CSCC(=O)NCCCC[C@@H](NC(=O)COCCOCCNC(=O)COCCOCCCC(=O)CCCSCC(=O)CCCCCCCCCOc1ccc(C(=O)O)cc1)C(=O)O)C(=O)O.O.O. The van der Waals surface area contributed by atoms with Crippen LogP contribution in [0.4, 0.5) is 0 Å². The van der Waals surface area contributed by atoms with E-state index in [1.807, 2.05) is 0 Å². The molecule has 0 unspecified atom stereocenters. The first kappa shape index (κ1) is 76.5. The molecule has 0 bridgehead atoms. The number of thioether (sulfide) groups is 2.